The number of aryl methyl sites for hydroxylation is 2. The van der Waals surface area contributed by atoms with Gasteiger partial charge in [-0.25, -0.2) is 9.78 Å². The van der Waals surface area contributed by atoms with E-state index in [1.165, 1.54) is 29.4 Å². The van der Waals surface area contributed by atoms with Crippen LogP contribution in [-0.4, -0.2) is 20.4 Å². The number of carbonyl (C=O) groups excluding carboxylic acids is 1. The number of aromatic nitrogens is 3. The van der Waals surface area contributed by atoms with Crippen molar-refractivity contribution in [2.75, 3.05) is 0 Å². The van der Waals surface area contributed by atoms with Gasteiger partial charge in [0.1, 0.15) is 5.65 Å². The standard InChI is InChI=1S/C23H20N4O3/c1-14-5-3-7-16(9-14)17-8-4-6-15(10-17)12-25-21(28)18-11-19-20(24-13-18)27(2)23(30)26-22(19)29/h3-11,13H,12H2,1-2H3,(H,25,28)(H,26,29,30). The summed E-state index contributed by atoms with van der Waals surface area (Å²) in [6.07, 6.45) is 1.36. The lowest BCUT2D eigenvalue weighted by atomic mass is 10.0. The van der Waals surface area contributed by atoms with E-state index < -0.39 is 11.2 Å². The van der Waals surface area contributed by atoms with Crippen molar-refractivity contribution in [2.45, 2.75) is 13.5 Å². The van der Waals surface area contributed by atoms with E-state index in [0.717, 1.165) is 16.7 Å². The van der Waals surface area contributed by atoms with Crippen LogP contribution in [0.5, 0.6) is 0 Å². The lowest BCUT2D eigenvalue weighted by Crippen LogP contribution is -2.29. The Balaban J connectivity index is 1.55. The van der Waals surface area contributed by atoms with E-state index in [-0.39, 0.29) is 22.5 Å². The molecule has 0 saturated heterocycles. The zero-order valence-corrected chi connectivity index (χ0v) is 16.6. The van der Waals surface area contributed by atoms with E-state index in [1.54, 1.807) is 0 Å². The Morgan fingerprint density at radius 2 is 1.80 bits per heavy atom. The molecule has 0 aliphatic carbocycles. The summed E-state index contributed by atoms with van der Waals surface area (Å²) >= 11 is 0. The minimum atomic E-state index is -0.568. The van der Waals surface area contributed by atoms with Crippen LogP contribution >= 0.6 is 0 Å². The molecule has 0 aliphatic heterocycles. The Labute approximate surface area is 172 Å². The molecule has 2 aromatic heterocycles. The van der Waals surface area contributed by atoms with Crippen molar-refractivity contribution in [3.05, 3.63) is 98.3 Å². The van der Waals surface area contributed by atoms with E-state index in [1.807, 2.05) is 43.3 Å². The van der Waals surface area contributed by atoms with Gasteiger partial charge in [0.2, 0.25) is 0 Å². The van der Waals surface area contributed by atoms with Crippen molar-refractivity contribution < 1.29 is 4.79 Å². The van der Waals surface area contributed by atoms with Crippen LogP contribution in [0.15, 0.2) is 70.4 Å². The number of amides is 1. The van der Waals surface area contributed by atoms with Crippen LogP contribution in [0, 0.1) is 6.92 Å². The zero-order chi connectivity index (χ0) is 21.3. The van der Waals surface area contributed by atoms with E-state index in [9.17, 15) is 14.4 Å². The molecule has 2 N–H and O–H groups in total. The fourth-order valence-corrected chi connectivity index (χ4v) is 3.33. The monoisotopic (exact) mass is 400 g/mol. The Hall–Kier alpha value is -4.00. The molecule has 30 heavy (non-hydrogen) atoms. The van der Waals surface area contributed by atoms with Crippen LogP contribution < -0.4 is 16.6 Å². The van der Waals surface area contributed by atoms with E-state index in [0.29, 0.717) is 6.54 Å². The van der Waals surface area contributed by atoms with E-state index in [4.69, 9.17) is 0 Å². The zero-order valence-electron chi connectivity index (χ0n) is 16.6. The number of aromatic amines is 1. The molecule has 0 bridgehead atoms. The predicted octanol–water partition coefficient (Wildman–Crippen LogP) is 2.53. The van der Waals surface area contributed by atoms with Crippen LogP contribution in [0.2, 0.25) is 0 Å². The smallest absolute Gasteiger partial charge is 0.329 e. The largest absolute Gasteiger partial charge is 0.348 e. The highest BCUT2D eigenvalue weighted by Crippen LogP contribution is 2.21. The third kappa shape index (κ3) is 3.77. The van der Waals surface area contributed by atoms with Gasteiger partial charge in [-0.3, -0.25) is 19.1 Å². The molecule has 2 heterocycles. The molecule has 150 valence electrons. The Kier molecular flexibility index (Phi) is 5.02. The first kappa shape index (κ1) is 19.3. The molecule has 1 amide bonds. The lowest BCUT2D eigenvalue weighted by molar-refractivity contribution is 0.0950. The van der Waals surface area contributed by atoms with Crippen LogP contribution in [0.25, 0.3) is 22.2 Å². The summed E-state index contributed by atoms with van der Waals surface area (Å²) in [4.78, 5) is 42.7. The number of nitrogens with zero attached hydrogens (tertiary/aromatic N) is 2. The van der Waals surface area contributed by atoms with Crippen LogP contribution in [0.1, 0.15) is 21.5 Å². The average Bonchev–Trinajstić information content (AvgIpc) is 2.76. The second kappa shape index (κ2) is 7.79. The highest BCUT2D eigenvalue weighted by molar-refractivity contribution is 5.96. The van der Waals surface area contributed by atoms with Gasteiger partial charge in [0, 0.05) is 19.8 Å². The van der Waals surface area contributed by atoms with Gasteiger partial charge in [0.25, 0.3) is 11.5 Å². The van der Waals surface area contributed by atoms with Gasteiger partial charge in [0.15, 0.2) is 0 Å². The summed E-state index contributed by atoms with van der Waals surface area (Å²) in [7, 11) is 1.51. The molecule has 7 heteroatoms. The van der Waals surface area contributed by atoms with Gasteiger partial charge in [-0.15, -0.1) is 0 Å². The summed E-state index contributed by atoms with van der Waals surface area (Å²) in [6.45, 7) is 2.38. The summed E-state index contributed by atoms with van der Waals surface area (Å²) in [5, 5.41) is 3.04. The topological polar surface area (TPSA) is 96.8 Å². The van der Waals surface area contributed by atoms with Crippen LogP contribution in [-0.2, 0) is 13.6 Å². The number of carbonyl (C=O) groups is 1. The van der Waals surface area contributed by atoms with Crippen LogP contribution in [0.4, 0.5) is 0 Å². The summed E-state index contributed by atoms with van der Waals surface area (Å²) in [6, 6.07) is 17.6. The predicted molar refractivity (Wildman–Crippen MR) is 115 cm³/mol. The molecule has 0 spiro atoms. The first-order valence-electron chi connectivity index (χ1n) is 9.45. The molecule has 7 nitrogen and oxygen atoms in total. The number of rotatable bonds is 4. The fourth-order valence-electron chi connectivity index (χ4n) is 3.33. The third-order valence-corrected chi connectivity index (χ3v) is 4.95. The molecule has 4 aromatic rings. The summed E-state index contributed by atoms with van der Waals surface area (Å²) in [5.41, 5.74) is 3.69. The van der Waals surface area contributed by atoms with Crippen molar-refractivity contribution in [2.24, 2.45) is 7.05 Å². The number of hydrogen-bond acceptors (Lipinski definition) is 4. The van der Waals surface area contributed by atoms with Crippen molar-refractivity contribution >= 4 is 16.9 Å². The molecular formula is C23H20N4O3. The highest BCUT2D eigenvalue weighted by atomic mass is 16.2. The van der Waals surface area contributed by atoms with Gasteiger partial charge in [0.05, 0.1) is 10.9 Å². The maximum Gasteiger partial charge on any atom is 0.329 e. The van der Waals surface area contributed by atoms with Gasteiger partial charge < -0.3 is 5.32 Å². The second-order valence-electron chi connectivity index (χ2n) is 7.17. The van der Waals surface area contributed by atoms with Crippen molar-refractivity contribution in [3.8, 4) is 11.1 Å². The number of hydrogen-bond donors (Lipinski definition) is 2. The maximum absolute atomic E-state index is 12.6. The number of nitrogens with one attached hydrogen (secondary N) is 2. The SMILES string of the molecule is Cc1cccc(-c2cccc(CNC(=O)c3cnc4c(c3)c(=O)[nH]c(=O)n4C)c2)c1. The number of benzene rings is 2. The van der Waals surface area contributed by atoms with Crippen LogP contribution in [0.3, 0.4) is 0 Å². The maximum atomic E-state index is 12.6. The minimum Gasteiger partial charge on any atom is -0.348 e. The first-order chi connectivity index (χ1) is 14.4. The quantitative estimate of drug-likeness (QED) is 0.550. The van der Waals surface area contributed by atoms with Crippen molar-refractivity contribution in [3.63, 3.8) is 0 Å². The molecule has 0 atom stereocenters. The molecular weight excluding hydrogens is 380 g/mol. The van der Waals surface area contributed by atoms with Gasteiger partial charge in [-0.1, -0.05) is 48.0 Å². The van der Waals surface area contributed by atoms with E-state index >= 15 is 0 Å². The van der Waals surface area contributed by atoms with Gasteiger partial charge in [-0.2, -0.15) is 0 Å². The minimum absolute atomic E-state index is 0.186. The Morgan fingerprint density at radius 1 is 1.07 bits per heavy atom. The first-order valence-corrected chi connectivity index (χ1v) is 9.45. The van der Waals surface area contributed by atoms with Crippen molar-refractivity contribution in [1.82, 2.24) is 19.9 Å². The summed E-state index contributed by atoms with van der Waals surface area (Å²) in [5.74, 6) is -0.349. The number of fused-ring (bicyclic) bond motifs is 1. The fraction of sp³-hybridized carbons (Fsp3) is 0.130. The number of pyridine rings is 1. The molecule has 0 saturated carbocycles. The molecule has 2 aromatic carbocycles. The average molecular weight is 400 g/mol. The van der Waals surface area contributed by atoms with Gasteiger partial charge >= 0.3 is 5.69 Å². The van der Waals surface area contributed by atoms with Crippen molar-refractivity contribution in [1.29, 1.82) is 0 Å². The Morgan fingerprint density at radius 3 is 2.57 bits per heavy atom. The molecule has 0 fully saturated rings. The van der Waals surface area contributed by atoms with Gasteiger partial charge in [-0.05, 0) is 35.7 Å². The Bertz CT molecular complexity index is 1390. The molecule has 0 radical (unpaired) electrons. The molecule has 4 rings (SSSR count). The molecule has 0 aliphatic rings. The second-order valence-corrected chi connectivity index (χ2v) is 7.17. The number of H-pyrrole nitrogens is 1. The highest BCUT2D eigenvalue weighted by Gasteiger charge is 2.12. The molecule has 0 unspecified atom stereocenters. The third-order valence-electron chi connectivity index (χ3n) is 4.95. The normalized spacial score (nSPS) is 10.9. The summed E-state index contributed by atoms with van der Waals surface area (Å²) < 4.78 is 1.23. The van der Waals surface area contributed by atoms with E-state index in [2.05, 4.69) is 27.4 Å². The lowest BCUT2D eigenvalue weighted by Gasteiger charge is -2.09.